The molecule has 42 heavy (non-hydrogen) atoms. The number of halogens is 2. The fraction of sp³-hybridized carbons (Fsp3) is 0.286. The van der Waals surface area contributed by atoms with Gasteiger partial charge in [-0.05, 0) is 36.8 Å². The van der Waals surface area contributed by atoms with Crippen LogP contribution in [0.4, 0.5) is 14.6 Å². The molecule has 5 rings (SSSR count). The number of fused-ring (bicyclic) bond motifs is 1. The number of aromatic nitrogens is 3. The Morgan fingerprint density at radius 1 is 1.21 bits per heavy atom. The summed E-state index contributed by atoms with van der Waals surface area (Å²) in [4.78, 5) is 36.3. The topological polar surface area (TPSA) is 126 Å². The number of hydrogen-bond donors (Lipinski definition) is 1. The lowest BCUT2D eigenvalue weighted by Crippen LogP contribution is -2.57. The molecule has 1 N–H and O–H groups in total. The van der Waals surface area contributed by atoms with Crippen LogP contribution < -0.4 is 10.3 Å². The SMILES string of the molecule is C=CC(=O)N1CCN(c2nc(=O)n(C3=C(S(C)(=O)=O)C=CCC3C)c3nc(-c4c(O)cccc4F)c(F)cc23)[Si](C)C1. The van der Waals surface area contributed by atoms with Crippen molar-refractivity contribution < 1.29 is 27.1 Å². The van der Waals surface area contributed by atoms with Gasteiger partial charge in [0.05, 0.1) is 21.6 Å². The molecular weight excluding hydrogens is 584 g/mol. The minimum atomic E-state index is -3.83. The number of pyridine rings is 1. The molecule has 10 nitrogen and oxygen atoms in total. The summed E-state index contributed by atoms with van der Waals surface area (Å²) in [6, 6.07) is 4.55. The van der Waals surface area contributed by atoms with Crippen LogP contribution in [0.2, 0.25) is 6.55 Å². The summed E-state index contributed by atoms with van der Waals surface area (Å²) in [5.74, 6) is -3.04. The van der Waals surface area contributed by atoms with E-state index in [0.29, 0.717) is 25.7 Å². The van der Waals surface area contributed by atoms with Crippen LogP contribution in [-0.2, 0) is 14.6 Å². The van der Waals surface area contributed by atoms with Gasteiger partial charge in [-0.3, -0.25) is 4.79 Å². The maximum Gasteiger partial charge on any atom is 0.355 e. The van der Waals surface area contributed by atoms with E-state index in [2.05, 4.69) is 16.5 Å². The number of amides is 1. The number of rotatable bonds is 5. The molecule has 14 heteroatoms. The lowest BCUT2D eigenvalue weighted by molar-refractivity contribution is -0.125. The van der Waals surface area contributed by atoms with Crippen LogP contribution in [0.1, 0.15) is 13.3 Å². The second-order valence-corrected chi connectivity index (χ2v) is 14.6. The van der Waals surface area contributed by atoms with E-state index in [1.54, 1.807) is 17.9 Å². The highest BCUT2D eigenvalue weighted by Crippen LogP contribution is 2.38. The molecule has 0 saturated carbocycles. The Balaban J connectivity index is 1.85. The third kappa shape index (κ3) is 5.04. The Morgan fingerprint density at radius 2 is 1.95 bits per heavy atom. The second kappa shape index (κ2) is 10.9. The van der Waals surface area contributed by atoms with Crippen molar-refractivity contribution in [1.82, 2.24) is 19.4 Å². The maximum atomic E-state index is 15.8. The van der Waals surface area contributed by atoms with Crippen molar-refractivity contribution in [2.45, 2.75) is 19.9 Å². The molecule has 2 aliphatic rings. The first-order chi connectivity index (χ1) is 19.8. The molecule has 0 bridgehead atoms. The number of hydrogen-bond acceptors (Lipinski definition) is 8. The number of benzene rings is 1. The van der Waals surface area contributed by atoms with Gasteiger partial charge in [0.25, 0.3) is 0 Å². The summed E-state index contributed by atoms with van der Waals surface area (Å²) in [7, 11) is -5.38. The van der Waals surface area contributed by atoms with E-state index < -0.39 is 59.0 Å². The van der Waals surface area contributed by atoms with Crippen molar-refractivity contribution in [3.05, 3.63) is 76.1 Å². The molecule has 1 fully saturated rings. The Morgan fingerprint density at radius 3 is 2.60 bits per heavy atom. The van der Waals surface area contributed by atoms with Gasteiger partial charge in [0, 0.05) is 31.4 Å². The normalized spacial score (nSPS) is 18.2. The van der Waals surface area contributed by atoms with Crippen molar-refractivity contribution in [2.24, 2.45) is 5.92 Å². The average Bonchev–Trinajstić information content (AvgIpc) is 2.92. The summed E-state index contributed by atoms with van der Waals surface area (Å²) < 4.78 is 59.2. The lowest BCUT2D eigenvalue weighted by atomic mass is 9.98. The van der Waals surface area contributed by atoms with E-state index in [9.17, 15) is 27.5 Å². The number of allylic oxidation sites excluding steroid dienone is 3. The number of phenolic OH excluding ortho intramolecular Hbond substituents is 1. The number of anilines is 1. The number of carbonyl (C=O) groups excluding carboxylic acids is 1. The fourth-order valence-corrected chi connectivity index (χ4v) is 8.44. The molecule has 1 radical (unpaired) electrons. The van der Waals surface area contributed by atoms with Crippen molar-refractivity contribution in [2.75, 3.05) is 30.1 Å². The smallest absolute Gasteiger partial charge is 0.355 e. The van der Waals surface area contributed by atoms with Crippen molar-refractivity contribution in [3.63, 3.8) is 0 Å². The molecule has 3 aromatic rings. The first-order valence-electron chi connectivity index (χ1n) is 13.1. The van der Waals surface area contributed by atoms with E-state index in [1.165, 1.54) is 24.3 Å². The molecule has 3 heterocycles. The zero-order chi connectivity index (χ0) is 30.5. The highest BCUT2D eigenvalue weighted by atomic mass is 32.2. The first kappa shape index (κ1) is 29.3. The Bertz CT molecular complexity index is 1850. The van der Waals surface area contributed by atoms with Crippen LogP contribution >= 0.6 is 0 Å². The lowest BCUT2D eigenvalue weighted by Gasteiger charge is -2.39. The van der Waals surface area contributed by atoms with E-state index in [4.69, 9.17) is 0 Å². The van der Waals surface area contributed by atoms with Gasteiger partial charge in [0.2, 0.25) is 5.91 Å². The van der Waals surface area contributed by atoms with E-state index in [-0.39, 0.29) is 33.4 Å². The van der Waals surface area contributed by atoms with Gasteiger partial charge in [-0.1, -0.05) is 32.2 Å². The van der Waals surface area contributed by atoms with E-state index >= 15 is 4.39 Å². The standard InChI is InChI=1S/C28H28F2N5O5SSi/c1-5-22(37)33-12-13-34(42(4)15-33)26-17-14-19(30)24(23-18(29)9-7-10-20(23)36)31-27(17)35(28(38)32-26)25-16(2)8-6-11-21(25)41(3,39)40/h5-7,9-11,14,16,36H,1,8,12-13,15H2,2-4H3. The number of phenols is 1. The summed E-state index contributed by atoms with van der Waals surface area (Å²) in [6.45, 7) is 7.79. The van der Waals surface area contributed by atoms with Gasteiger partial charge >= 0.3 is 5.69 Å². The van der Waals surface area contributed by atoms with Gasteiger partial charge in [0.1, 0.15) is 23.1 Å². The highest BCUT2D eigenvalue weighted by Gasteiger charge is 2.33. The summed E-state index contributed by atoms with van der Waals surface area (Å²) in [5, 5.41) is 10.5. The Labute approximate surface area is 242 Å². The van der Waals surface area contributed by atoms with Gasteiger partial charge in [-0.25, -0.2) is 31.5 Å². The average molecular weight is 613 g/mol. The highest BCUT2D eigenvalue weighted by molar-refractivity contribution is 7.95. The summed E-state index contributed by atoms with van der Waals surface area (Å²) in [6.07, 6.45) is 6.13. The minimum absolute atomic E-state index is 0.0987. The molecule has 1 amide bonds. The van der Waals surface area contributed by atoms with Crippen molar-refractivity contribution >= 4 is 47.3 Å². The van der Waals surface area contributed by atoms with Gasteiger partial charge in [-0.15, -0.1) is 0 Å². The molecule has 1 atom stereocenters. The largest absolute Gasteiger partial charge is 0.507 e. The molecule has 1 aromatic carbocycles. The van der Waals surface area contributed by atoms with Crippen LogP contribution in [0.5, 0.6) is 5.75 Å². The van der Waals surface area contributed by atoms with Crippen LogP contribution in [0.3, 0.4) is 0 Å². The van der Waals surface area contributed by atoms with Gasteiger partial charge in [-0.2, -0.15) is 4.98 Å². The minimum Gasteiger partial charge on any atom is -0.507 e. The zero-order valence-electron chi connectivity index (χ0n) is 23.1. The number of nitrogens with zero attached hydrogens (tertiary/aromatic N) is 5. The third-order valence-corrected chi connectivity index (χ3v) is 10.7. The molecule has 1 aliphatic carbocycles. The molecule has 1 aliphatic heterocycles. The predicted octanol–water partition coefficient (Wildman–Crippen LogP) is 3.25. The summed E-state index contributed by atoms with van der Waals surface area (Å²) >= 11 is 0. The van der Waals surface area contributed by atoms with Crippen LogP contribution in [0.15, 0.2) is 58.8 Å². The Hall–Kier alpha value is -4.17. The maximum absolute atomic E-state index is 15.8. The van der Waals surface area contributed by atoms with E-state index in [0.717, 1.165) is 23.0 Å². The second-order valence-electron chi connectivity index (χ2n) is 10.3. The van der Waals surface area contributed by atoms with Crippen LogP contribution in [0, 0.1) is 17.6 Å². The quantitative estimate of drug-likeness (QED) is 0.344. The van der Waals surface area contributed by atoms with Gasteiger partial charge < -0.3 is 14.6 Å². The number of aromatic hydroxyl groups is 1. The monoisotopic (exact) mass is 612 g/mol. The zero-order valence-corrected chi connectivity index (χ0v) is 25.0. The molecule has 2 aromatic heterocycles. The van der Waals surface area contributed by atoms with Crippen LogP contribution in [0.25, 0.3) is 28.0 Å². The number of carbonyl (C=O) groups is 1. The molecular formula is C28H28F2N5O5SSi. The molecule has 0 spiro atoms. The first-order valence-corrected chi connectivity index (χ1v) is 17.1. The third-order valence-electron chi connectivity index (χ3n) is 7.36. The number of sulfone groups is 1. The van der Waals surface area contributed by atoms with Crippen LogP contribution in [-0.4, -0.2) is 73.3 Å². The van der Waals surface area contributed by atoms with Crippen molar-refractivity contribution in [3.8, 4) is 17.0 Å². The molecule has 1 unspecified atom stereocenters. The van der Waals surface area contributed by atoms with Crippen molar-refractivity contribution in [1.29, 1.82) is 0 Å². The Kier molecular flexibility index (Phi) is 7.62. The molecule has 1 saturated heterocycles. The summed E-state index contributed by atoms with van der Waals surface area (Å²) in [5.41, 5.74) is -1.92. The fourth-order valence-electron chi connectivity index (χ4n) is 5.37. The predicted molar refractivity (Wildman–Crippen MR) is 158 cm³/mol. The van der Waals surface area contributed by atoms with E-state index in [1.807, 2.05) is 11.1 Å². The van der Waals surface area contributed by atoms with Gasteiger partial charge in [0.15, 0.2) is 30.3 Å². The molecule has 219 valence electrons.